The smallest absolute Gasteiger partial charge is 0.416 e. The monoisotopic (exact) mass is 729 g/mol. The van der Waals surface area contributed by atoms with E-state index in [0.29, 0.717) is 30.9 Å². The number of halogens is 3. The molecule has 1 aromatic heterocycles. The van der Waals surface area contributed by atoms with Gasteiger partial charge >= 0.3 is 6.18 Å². The molecular weight excluding hydrogens is 687 g/mol. The van der Waals surface area contributed by atoms with Gasteiger partial charge < -0.3 is 25.1 Å². The molecule has 3 N–H and O–H groups in total. The van der Waals surface area contributed by atoms with Gasteiger partial charge in [0.2, 0.25) is 17.7 Å². The van der Waals surface area contributed by atoms with Crippen molar-refractivity contribution in [2.24, 2.45) is 5.92 Å². The molecule has 0 spiro atoms. The van der Waals surface area contributed by atoms with Crippen LogP contribution in [0.3, 0.4) is 0 Å². The van der Waals surface area contributed by atoms with Crippen LogP contribution in [0.4, 0.5) is 18.9 Å². The van der Waals surface area contributed by atoms with Gasteiger partial charge in [0.05, 0.1) is 12.1 Å². The van der Waals surface area contributed by atoms with Gasteiger partial charge in [-0.15, -0.1) is 0 Å². The van der Waals surface area contributed by atoms with Crippen molar-refractivity contribution in [3.05, 3.63) is 96.7 Å². The normalized spacial score (nSPS) is 25.2. The summed E-state index contributed by atoms with van der Waals surface area (Å²) in [7, 11) is 0. The van der Waals surface area contributed by atoms with E-state index in [1.807, 2.05) is 36.4 Å². The largest absolute Gasteiger partial charge is 0.472 e. The maximum Gasteiger partial charge on any atom is 0.416 e. The summed E-state index contributed by atoms with van der Waals surface area (Å²) in [5.74, 6) is -0.751. The topological polar surface area (TPSA) is 122 Å². The molecule has 1 saturated carbocycles. The number of anilines is 1. The maximum absolute atomic E-state index is 14.6. The summed E-state index contributed by atoms with van der Waals surface area (Å²) in [6.45, 7) is 0.0301. The lowest BCUT2D eigenvalue weighted by Crippen LogP contribution is -2.57. The zero-order chi connectivity index (χ0) is 37.0. The van der Waals surface area contributed by atoms with E-state index in [4.69, 9.17) is 9.57 Å². The molecule has 3 fully saturated rings. The fraction of sp³-hybridized carbons (Fsp3) is 0.400. The van der Waals surface area contributed by atoms with Gasteiger partial charge in [-0.2, -0.15) is 18.7 Å². The highest BCUT2D eigenvalue weighted by Gasteiger charge is 2.62. The zero-order valence-corrected chi connectivity index (χ0v) is 29.1. The Bertz CT molecular complexity index is 1940. The number of hydroxylamine groups is 1. The minimum Gasteiger partial charge on any atom is -0.472 e. The number of amides is 3. The van der Waals surface area contributed by atoms with Gasteiger partial charge in [0.25, 0.3) is 5.91 Å². The van der Waals surface area contributed by atoms with Crippen molar-refractivity contribution in [2.45, 2.75) is 87.7 Å². The first-order chi connectivity index (χ1) is 25.6. The van der Waals surface area contributed by atoms with Crippen LogP contribution >= 0.6 is 0 Å². The van der Waals surface area contributed by atoms with Crippen molar-refractivity contribution in [1.29, 1.82) is 0 Å². The average molecular weight is 730 g/mol. The zero-order valence-electron chi connectivity index (χ0n) is 29.1. The molecule has 10 nitrogen and oxygen atoms in total. The molecule has 7 rings (SSSR count). The molecule has 2 aliphatic heterocycles. The second-order valence-corrected chi connectivity index (χ2v) is 14.1. The number of fused-ring (bicyclic) bond motifs is 3. The molecule has 0 bridgehead atoms. The molecule has 3 amide bonds. The van der Waals surface area contributed by atoms with Gasteiger partial charge in [0.15, 0.2) is 5.75 Å². The third-order valence-corrected chi connectivity index (χ3v) is 10.5. The van der Waals surface area contributed by atoms with Crippen LogP contribution in [0.15, 0.2) is 91.1 Å². The lowest BCUT2D eigenvalue weighted by atomic mass is 10.0. The summed E-state index contributed by atoms with van der Waals surface area (Å²) < 4.78 is 47.3. The summed E-state index contributed by atoms with van der Waals surface area (Å²) in [5, 5.41) is 7.78. The van der Waals surface area contributed by atoms with Crippen molar-refractivity contribution in [2.75, 3.05) is 11.9 Å². The fourth-order valence-electron chi connectivity index (χ4n) is 7.59. The molecular formula is C40H42F3N5O5. The molecule has 278 valence electrons. The highest BCUT2D eigenvalue weighted by Crippen LogP contribution is 2.48. The maximum atomic E-state index is 14.6. The van der Waals surface area contributed by atoms with E-state index >= 15 is 0 Å². The number of carbonyl (C=O) groups is 3. The third kappa shape index (κ3) is 8.18. The van der Waals surface area contributed by atoms with Gasteiger partial charge in [-0.05, 0) is 73.0 Å². The lowest BCUT2D eigenvalue weighted by molar-refractivity contribution is -0.141. The molecule has 0 radical (unpaired) electrons. The predicted octanol–water partition coefficient (Wildman–Crippen LogP) is 6.81. The number of nitrogens with one attached hydrogen (secondary N) is 3. The van der Waals surface area contributed by atoms with Crippen LogP contribution in [-0.2, 0) is 20.6 Å². The van der Waals surface area contributed by atoms with Crippen molar-refractivity contribution in [3.63, 3.8) is 0 Å². The Morgan fingerprint density at radius 3 is 2.47 bits per heavy atom. The van der Waals surface area contributed by atoms with E-state index in [0.717, 1.165) is 55.0 Å². The standard InChI is InChI=1S/C40H42F3N5O5/c41-40(42,43)27-14-11-15-29(22-27)45-33-19-8-3-1-2-5-13-28-24-39(28,38(51)47-53-30-16-6-4-7-17-30)46-35(49)34-23-31(25-48(34)37(33)50)52-36-32-18-10-9-12-26(32)20-21-44-36/h4,6-7,9-12,14-18,20-22,28,31,33-34,45H,1-3,5,8,13,19,23-25H2,(H,46,49)(H,47,51)/t28-,31-,33+,34+,39-/m1/s1. The van der Waals surface area contributed by atoms with Gasteiger partial charge in [-0.25, -0.2) is 4.98 Å². The fourth-order valence-corrected chi connectivity index (χ4v) is 7.59. The van der Waals surface area contributed by atoms with E-state index in [1.54, 1.807) is 30.5 Å². The van der Waals surface area contributed by atoms with E-state index in [1.165, 1.54) is 17.0 Å². The Kier molecular flexibility index (Phi) is 10.4. The number of ether oxygens (including phenoxy) is 1. The Morgan fingerprint density at radius 2 is 1.66 bits per heavy atom. The van der Waals surface area contributed by atoms with Gasteiger partial charge in [-0.1, -0.05) is 74.6 Å². The first kappa shape index (κ1) is 36.0. The Hall–Kier alpha value is -5.33. The summed E-state index contributed by atoms with van der Waals surface area (Å²) in [5.41, 5.74) is 0.624. The number of alkyl halides is 3. The quantitative estimate of drug-likeness (QED) is 0.179. The van der Waals surface area contributed by atoms with Crippen LogP contribution in [0.5, 0.6) is 11.6 Å². The highest BCUT2D eigenvalue weighted by molar-refractivity contribution is 5.98. The molecule has 0 unspecified atom stereocenters. The molecule has 2 saturated heterocycles. The summed E-state index contributed by atoms with van der Waals surface area (Å²) in [4.78, 5) is 54.2. The highest BCUT2D eigenvalue weighted by atomic mass is 19.4. The number of carbonyl (C=O) groups excluding carboxylic acids is 3. The van der Waals surface area contributed by atoms with Crippen LogP contribution in [0, 0.1) is 5.92 Å². The van der Waals surface area contributed by atoms with Crippen molar-refractivity contribution >= 4 is 34.2 Å². The number of benzene rings is 3. The van der Waals surface area contributed by atoms with Gasteiger partial charge in [0, 0.05) is 23.7 Å². The summed E-state index contributed by atoms with van der Waals surface area (Å²) in [6.07, 6.45) is 2.15. The number of rotatable bonds is 7. The molecule has 53 heavy (non-hydrogen) atoms. The molecule has 1 aliphatic carbocycles. The second-order valence-electron chi connectivity index (χ2n) is 14.1. The molecule has 3 aromatic carbocycles. The van der Waals surface area contributed by atoms with Crippen LogP contribution in [-0.4, -0.2) is 57.9 Å². The minimum absolute atomic E-state index is 0.0301. The summed E-state index contributed by atoms with van der Waals surface area (Å²) >= 11 is 0. The van der Waals surface area contributed by atoms with Gasteiger partial charge in [-0.3, -0.25) is 14.4 Å². The second kappa shape index (κ2) is 15.3. The number of aromatic nitrogens is 1. The van der Waals surface area contributed by atoms with Crippen LogP contribution in [0.1, 0.15) is 63.4 Å². The number of hydrogen-bond donors (Lipinski definition) is 3. The molecule has 4 aromatic rings. The number of para-hydroxylation sites is 1. The Morgan fingerprint density at radius 1 is 0.906 bits per heavy atom. The van der Waals surface area contributed by atoms with Crippen LogP contribution in [0.25, 0.3) is 10.8 Å². The molecule has 3 heterocycles. The Labute approximate surface area is 305 Å². The molecule has 3 aliphatic rings. The van der Waals surface area contributed by atoms with Crippen LogP contribution < -0.4 is 25.7 Å². The number of hydrogen-bond acceptors (Lipinski definition) is 7. The minimum atomic E-state index is -4.56. The first-order valence-corrected chi connectivity index (χ1v) is 18.2. The summed E-state index contributed by atoms with van der Waals surface area (Å²) in [6, 6.07) is 21.1. The van der Waals surface area contributed by atoms with E-state index in [2.05, 4.69) is 21.1 Å². The first-order valence-electron chi connectivity index (χ1n) is 18.2. The molecule has 13 heteroatoms. The van der Waals surface area contributed by atoms with E-state index in [-0.39, 0.29) is 24.6 Å². The lowest BCUT2D eigenvalue weighted by Gasteiger charge is -2.30. The SMILES string of the molecule is O=C1N[C@]2(C(=O)NOc3ccccc3)C[C@H]2CCCCCCC[C@H](Nc2cccc(C(F)(F)F)c2)C(=O)N2C[C@H](Oc3nccc4ccccc34)C[C@@H]12. The number of nitrogens with zero attached hydrogens (tertiary/aromatic N) is 2. The van der Waals surface area contributed by atoms with Crippen LogP contribution in [0.2, 0.25) is 0 Å². The number of pyridine rings is 1. The van der Waals surface area contributed by atoms with Crippen molar-refractivity contribution in [3.8, 4) is 11.6 Å². The third-order valence-electron chi connectivity index (χ3n) is 10.5. The van der Waals surface area contributed by atoms with Gasteiger partial charge in [0.1, 0.15) is 23.7 Å². The Balaban J connectivity index is 1.18. The van der Waals surface area contributed by atoms with E-state index in [9.17, 15) is 27.6 Å². The van der Waals surface area contributed by atoms with Crippen molar-refractivity contribution < 1.29 is 37.1 Å². The predicted molar refractivity (Wildman–Crippen MR) is 192 cm³/mol. The molecule has 5 atom stereocenters. The average Bonchev–Trinajstić information content (AvgIpc) is 3.69. The van der Waals surface area contributed by atoms with E-state index < -0.39 is 53.2 Å². The van der Waals surface area contributed by atoms with Crippen molar-refractivity contribution in [1.82, 2.24) is 20.7 Å².